The average Bonchev–Trinajstić information content (AvgIpc) is 3.11. The van der Waals surface area contributed by atoms with Crippen molar-refractivity contribution >= 4 is 0 Å². The Balaban J connectivity index is 0.951. The molecule has 8 aromatic carbocycles. The highest BCUT2D eigenvalue weighted by Crippen LogP contribution is 2.43. The second-order valence-corrected chi connectivity index (χ2v) is 19.4. The van der Waals surface area contributed by atoms with Gasteiger partial charge in [0.1, 0.15) is 0 Å². The molecule has 0 unspecified atom stereocenters. The fourth-order valence-corrected chi connectivity index (χ4v) is 9.49. The van der Waals surface area contributed by atoms with Crippen LogP contribution < -0.4 is 0 Å². The third-order valence-electron chi connectivity index (χ3n) is 13.7. The molecule has 4 aromatic heterocycles. The third-order valence-corrected chi connectivity index (χ3v) is 13.7. The first-order valence-corrected chi connectivity index (χ1v) is 25.6. The molecule has 24 heteroatoms. The molecule has 12 aromatic rings. The number of alkyl halides is 12. The molecular formula is C62H34F12N8O4. The Morgan fingerprint density at radius 3 is 0.907 bits per heavy atom. The lowest BCUT2D eigenvalue weighted by Crippen LogP contribution is -2.07. The topological polar surface area (TPSA) is 156 Å². The monoisotopic (exact) mass is 1180 g/mol. The molecule has 430 valence electrons. The van der Waals surface area contributed by atoms with Crippen molar-refractivity contribution in [3.63, 3.8) is 0 Å². The first-order valence-electron chi connectivity index (χ1n) is 25.6. The molecule has 0 aliphatic heterocycles. The van der Waals surface area contributed by atoms with Gasteiger partial charge in [-0.15, -0.1) is 40.8 Å². The molecule has 0 spiro atoms. The Bertz CT molecular complexity index is 4430. The highest BCUT2D eigenvalue weighted by molar-refractivity contribution is 5.78. The van der Waals surface area contributed by atoms with Crippen molar-refractivity contribution in [1.82, 2.24) is 40.8 Å². The van der Waals surface area contributed by atoms with E-state index >= 15 is 0 Å². The first kappa shape index (κ1) is 56.0. The Morgan fingerprint density at radius 2 is 0.558 bits per heavy atom. The molecule has 0 bridgehead atoms. The Morgan fingerprint density at radius 1 is 0.279 bits per heavy atom. The summed E-state index contributed by atoms with van der Waals surface area (Å²) in [5.41, 5.74) is 1.11. The van der Waals surface area contributed by atoms with E-state index in [1.165, 1.54) is 48.5 Å². The third kappa shape index (κ3) is 11.9. The van der Waals surface area contributed by atoms with Crippen molar-refractivity contribution in [1.29, 1.82) is 0 Å². The van der Waals surface area contributed by atoms with E-state index in [0.717, 1.165) is 54.1 Å². The summed E-state index contributed by atoms with van der Waals surface area (Å²) < 4.78 is 188. The molecule has 12 rings (SSSR count). The van der Waals surface area contributed by atoms with E-state index < -0.39 is 52.9 Å². The number of hydrogen-bond acceptors (Lipinski definition) is 12. The second kappa shape index (κ2) is 21.9. The predicted octanol–water partition coefficient (Wildman–Crippen LogP) is 17.7. The molecule has 12 nitrogen and oxygen atoms in total. The molecule has 86 heavy (non-hydrogen) atoms. The highest BCUT2D eigenvalue weighted by Gasteiger charge is 2.34. The van der Waals surface area contributed by atoms with E-state index in [9.17, 15) is 52.7 Å². The molecule has 0 saturated heterocycles. The minimum absolute atomic E-state index is 0.00324. The molecule has 0 N–H and O–H groups in total. The molecular weight excluding hydrogens is 1150 g/mol. The molecule has 0 aliphatic carbocycles. The summed E-state index contributed by atoms with van der Waals surface area (Å²) in [6, 6.07) is 43.6. The SMILES string of the molecule is FC(F)(F)c1cccc(-c2nnc(-c3ccc(C[C@@H](c4ccc(-c5nnc(-c6cccc(C(F)(F)F)c6)o5)cc4)c4ccc(-c5nnc(-c6cccc(C(F)(F)F)c6)o5)cc4-c4cccc(-c5nnc(-c6cccc(C(F)(F)F)c6)o5)c4)cc3)o2)c1. The fourth-order valence-electron chi connectivity index (χ4n) is 9.49. The van der Waals surface area contributed by atoms with Crippen LogP contribution in [0, 0.1) is 0 Å². The summed E-state index contributed by atoms with van der Waals surface area (Å²) >= 11 is 0. The molecule has 0 aliphatic rings. The van der Waals surface area contributed by atoms with Gasteiger partial charge in [-0.1, -0.05) is 66.7 Å². The molecule has 0 fully saturated rings. The molecule has 0 amide bonds. The van der Waals surface area contributed by atoms with Crippen molar-refractivity contribution in [2.45, 2.75) is 37.0 Å². The van der Waals surface area contributed by atoms with Crippen LogP contribution in [0.2, 0.25) is 0 Å². The molecule has 0 radical (unpaired) electrons. The largest absolute Gasteiger partial charge is 0.416 e. The second-order valence-electron chi connectivity index (χ2n) is 19.4. The van der Waals surface area contributed by atoms with Gasteiger partial charge in [0.25, 0.3) is 0 Å². The summed E-state index contributed by atoms with van der Waals surface area (Å²) in [7, 11) is 0. The lowest BCUT2D eigenvalue weighted by atomic mass is 9.81. The van der Waals surface area contributed by atoms with Gasteiger partial charge in [-0.2, -0.15) is 52.7 Å². The van der Waals surface area contributed by atoms with Gasteiger partial charge in [0, 0.05) is 50.4 Å². The number of hydrogen-bond donors (Lipinski definition) is 0. The zero-order valence-corrected chi connectivity index (χ0v) is 43.4. The number of halogens is 12. The number of nitrogens with zero attached hydrogens (tertiary/aromatic N) is 8. The van der Waals surface area contributed by atoms with Crippen LogP contribution in [0.3, 0.4) is 0 Å². The van der Waals surface area contributed by atoms with Crippen LogP contribution in [0.4, 0.5) is 52.7 Å². The van der Waals surface area contributed by atoms with Gasteiger partial charge in [-0.25, -0.2) is 0 Å². The van der Waals surface area contributed by atoms with Crippen molar-refractivity contribution in [2.75, 3.05) is 0 Å². The van der Waals surface area contributed by atoms with Crippen LogP contribution in [-0.4, -0.2) is 40.8 Å². The molecule has 4 heterocycles. The predicted molar refractivity (Wildman–Crippen MR) is 285 cm³/mol. The Labute approximate surface area is 476 Å². The maximum atomic E-state index is 13.8. The van der Waals surface area contributed by atoms with Crippen molar-refractivity contribution in [2.24, 2.45) is 0 Å². The van der Waals surface area contributed by atoms with Gasteiger partial charge in [0.15, 0.2) is 0 Å². The Hall–Kier alpha value is -10.5. The van der Waals surface area contributed by atoms with Gasteiger partial charge >= 0.3 is 24.7 Å². The molecule has 0 saturated carbocycles. The van der Waals surface area contributed by atoms with Crippen LogP contribution in [-0.2, 0) is 31.1 Å². The maximum Gasteiger partial charge on any atom is 0.416 e. The first-order chi connectivity index (χ1) is 41.1. The van der Waals surface area contributed by atoms with E-state index in [-0.39, 0.29) is 75.8 Å². The van der Waals surface area contributed by atoms with Crippen molar-refractivity contribution in [3.05, 3.63) is 227 Å². The van der Waals surface area contributed by atoms with E-state index in [0.29, 0.717) is 44.5 Å². The summed E-state index contributed by atoms with van der Waals surface area (Å²) in [6.07, 6.45) is -18.3. The molecule has 1 atom stereocenters. The quantitative estimate of drug-likeness (QED) is 0.101. The highest BCUT2D eigenvalue weighted by atomic mass is 19.4. The van der Waals surface area contributed by atoms with Crippen molar-refractivity contribution in [3.8, 4) is 103 Å². The smallest absolute Gasteiger partial charge is 0.416 e. The summed E-state index contributed by atoms with van der Waals surface area (Å²) in [4.78, 5) is 0. The van der Waals surface area contributed by atoms with Gasteiger partial charge in [0.05, 0.1) is 22.3 Å². The number of benzene rings is 8. The standard InChI is InChI=1S/C62H34F12N8O4/c63-59(64,65)44-12-2-8-39(28-44)54-78-75-51(83-54)35-18-16-33(17-19-35)26-49(34-20-22-36(23-21-34)52-76-79-55(84-52)40-9-3-13-45(29-40)60(66,67)68)48-25-24-43(58-82-81-57(86-58)42-11-5-15-47(31-42)62(72,73)74)32-50(48)37-6-1-7-38(27-37)53-77-80-56(85-53)41-10-4-14-46(30-41)61(69,70)71/h1-25,27-32,49H,26H2/t49-/m0/s1. The number of aromatic nitrogens is 8. The Kier molecular flexibility index (Phi) is 14.3. The summed E-state index contributed by atoms with van der Waals surface area (Å²) in [6.45, 7) is 0. The van der Waals surface area contributed by atoms with Crippen LogP contribution in [0.15, 0.2) is 206 Å². The normalized spacial score (nSPS) is 12.7. The van der Waals surface area contributed by atoms with Crippen LogP contribution >= 0.6 is 0 Å². The van der Waals surface area contributed by atoms with Crippen LogP contribution in [0.5, 0.6) is 0 Å². The van der Waals surface area contributed by atoms with Crippen LogP contribution in [0.1, 0.15) is 44.9 Å². The van der Waals surface area contributed by atoms with E-state index in [1.807, 2.05) is 0 Å². The lowest BCUT2D eigenvalue weighted by Gasteiger charge is -2.23. The zero-order chi connectivity index (χ0) is 60.1. The van der Waals surface area contributed by atoms with Gasteiger partial charge in [-0.3, -0.25) is 0 Å². The summed E-state index contributed by atoms with van der Waals surface area (Å²) in [5, 5.41) is 32.7. The fraction of sp³-hybridized carbons (Fsp3) is 0.0968. The summed E-state index contributed by atoms with van der Waals surface area (Å²) in [5.74, 6) is -1.40. The minimum Gasteiger partial charge on any atom is -0.416 e. The van der Waals surface area contributed by atoms with E-state index in [1.54, 1.807) is 91.0 Å². The maximum absolute atomic E-state index is 13.8. The van der Waals surface area contributed by atoms with Crippen molar-refractivity contribution < 1.29 is 70.4 Å². The average molecular weight is 1180 g/mol. The van der Waals surface area contributed by atoms with Crippen LogP contribution in [0.25, 0.3) is 103 Å². The zero-order valence-electron chi connectivity index (χ0n) is 43.4. The van der Waals surface area contributed by atoms with E-state index in [4.69, 9.17) is 17.7 Å². The van der Waals surface area contributed by atoms with Gasteiger partial charge < -0.3 is 17.7 Å². The minimum atomic E-state index is -4.67. The van der Waals surface area contributed by atoms with Gasteiger partial charge in [-0.05, 0) is 156 Å². The lowest BCUT2D eigenvalue weighted by molar-refractivity contribution is -0.138. The van der Waals surface area contributed by atoms with Gasteiger partial charge in [0.2, 0.25) is 47.1 Å². The number of rotatable bonds is 13. The van der Waals surface area contributed by atoms with E-state index in [2.05, 4.69) is 40.8 Å².